The van der Waals surface area contributed by atoms with Gasteiger partial charge in [0.2, 0.25) is 6.41 Å². The largest absolute Gasteiger partial charge is 0.329 e. The van der Waals surface area contributed by atoms with E-state index in [2.05, 4.69) is 0 Å². The Bertz CT molecular complexity index is 96.4. The highest BCUT2D eigenvalue weighted by Gasteiger charge is 2.19. The van der Waals surface area contributed by atoms with E-state index < -0.39 is 0 Å². The fourth-order valence-electron chi connectivity index (χ4n) is 0.867. The van der Waals surface area contributed by atoms with Gasteiger partial charge in [0.1, 0.15) is 5.50 Å². The van der Waals surface area contributed by atoms with E-state index in [1.54, 1.807) is 4.90 Å². The maximum atomic E-state index is 10.1. The summed E-state index contributed by atoms with van der Waals surface area (Å²) < 4.78 is 0. The molecule has 1 amide bonds. The summed E-state index contributed by atoms with van der Waals surface area (Å²) in [6.07, 6.45) is 2.80. The molecule has 1 saturated heterocycles. The molecular weight excluding hydrogens is 126 g/mol. The molecule has 1 atom stereocenters. The normalized spacial score (nSPS) is 28.6. The van der Waals surface area contributed by atoms with E-state index in [0.717, 1.165) is 25.8 Å². The van der Waals surface area contributed by atoms with Gasteiger partial charge in [-0.15, -0.1) is 0 Å². The monoisotopic (exact) mass is 133 g/mol. The van der Waals surface area contributed by atoms with Crippen molar-refractivity contribution in [3.8, 4) is 0 Å². The lowest BCUT2D eigenvalue weighted by atomic mass is 10.4. The molecule has 8 heavy (non-hydrogen) atoms. The van der Waals surface area contributed by atoms with Crippen LogP contribution in [0.4, 0.5) is 0 Å². The lowest BCUT2D eigenvalue weighted by Gasteiger charge is -2.10. The lowest BCUT2D eigenvalue weighted by Crippen LogP contribution is -2.22. The van der Waals surface area contributed by atoms with E-state index >= 15 is 0 Å². The first-order valence-corrected chi connectivity index (χ1v) is 3.13. The summed E-state index contributed by atoms with van der Waals surface area (Å²) in [7, 11) is 0. The van der Waals surface area contributed by atoms with Crippen LogP contribution in [0, 0.1) is 0 Å². The minimum Gasteiger partial charge on any atom is -0.329 e. The summed E-state index contributed by atoms with van der Waals surface area (Å²) in [6.45, 7) is 0.831. The highest BCUT2D eigenvalue weighted by atomic mass is 35.5. The van der Waals surface area contributed by atoms with E-state index in [1.165, 1.54) is 0 Å². The number of carbonyl (C=O) groups excluding carboxylic acids is 1. The Labute approximate surface area is 53.4 Å². The van der Waals surface area contributed by atoms with Gasteiger partial charge in [0.25, 0.3) is 0 Å². The van der Waals surface area contributed by atoms with Gasteiger partial charge in [-0.2, -0.15) is 0 Å². The van der Waals surface area contributed by atoms with Crippen molar-refractivity contribution in [3.05, 3.63) is 0 Å². The second-order valence-corrected chi connectivity index (χ2v) is 2.42. The maximum Gasteiger partial charge on any atom is 0.210 e. The third kappa shape index (κ3) is 0.944. The quantitative estimate of drug-likeness (QED) is 0.295. The molecule has 0 bridgehead atoms. The zero-order valence-corrected chi connectivity index (χ0v) is 5.27. The Morgan fingerprint density at radius 2 is 2.50 bits per heavy atom. The minimum absolute atomic E-state index is 0.0347. The molecule has 0 aromatic heterocycles. The topological polar surface area (TPSA) is 20.3 Å². The van der Waals surface area contributed by atoms with Crippen molar-refractivity contribution >= 4 is 18.0 Å². The fourth-order valence-corrected chi connectivity index (χ4v) is 1.16. The van der Waals surface area contributed by atoms with Gasteiger partial charge in [-0.3, -0.25) is 4.79 Å². The summed E-state index contributed by atoms with van der Waals surface area (Å²) in [6, 6.07) is 0. The first kappa shape index (κ1) is 5.89. The average molecular weight is 134 g/mol. The van der Waals surface area contributed by atoms with Crippen LogP contribution in [0.5, 0.6) is 0 Å². The number of nitrogens with zero attached hydrogens (tertiary/aromatic N) is 1. The first-order chi connectivity index (χ1) is 3.84. The third-order valence-corrected chi connectivity index (χ3v) is 1.82. The first-order valence-electron chi connectivity index (χ1n) is 2.69. The molecule has 1 heterocycles. The predicted molar refractivity (Wildman–Crippen MR) is 31.6 cm³/mol. The molecule has 0 unspecified atom stereocenters. The van der Waals surface area contributed by atoms with Crippen LogP contribution in [-0.4, -0.2) is 23.4 Å². The van der Waals surface area contributed by atoms with Crippen molar-refractivity contribution < 1.29 is 4.79 Å². The lowest BCUT2D eigenvalue weighted by molar-refractivity contribution is -0.117. The molecular formula is C5H8ClNO. The van der Waals surface area contributed by atoms with E-state index in [1.807, 2.05) is 0 Å². The minimum atomic E-state index is -0.0347. The zero-order chi connectivity index (χ0) is 5.98. The highest BCUT2D eigenvalue weighted by molar-refractivity contribution is 6.21. The van der Waals surface area contributed by atoms with Crippen LogP contribution < -0.4 is 0 Å². The molecule has 1 fully saturated rings. The fraction of sp³-hybridized carbons (Fsp3) is 0.800. The molecule has 0 spiro atoms. The maximum absolute atomic E-state index is 10.1. The van der Waals surface area contributed by atoms with E-state index in [4.69, 9.17) is 11.6 Å². The number of rotatable bonds is 1. The molecule has 0 saturated carbocycles. The van der Waals surface area contributed by atoms with E-state index in [9.17, 15) is 4.79 Å². The van der Waals surface area contributed by atoms with Crippen LogP contribution in [0.15, 0.2) is 0 Å². The highest BCUT2D eigenvalue weighted by Crippen LogP contribution is 2.17. The predicted octanol–water partition coefficient (Wildman–Crippen LogP) is 0.803. The molecule has 0 aromatic rings. The Balaban J connectivity index is 2.41. The van der Waals surface area contributed by atoms with Crippen molar-refractivity contribution in [1.29, 1.82) is 0 Å². The molecule has 2 nitrogen and oxygen atoms in total. The van der Waals surface area contributed by atoms with Crippen molar-refractivity contribution in [3.63, 3.8) is 0 Å². The molecule has 0 N–H and O–H groups in total. The Morgan fingerprint density at radius 3 is 2.75 bits per heavy atom. The number of alkyl halides is 1. The molecule has 46 valence electrons. The van der Waals surface area contributed by atoms with Gasteiger partial charge in [0.15, 0.2) is 0 Å². The summed E-state index contributed by atoms with van der Waals surface area (Å²) in [5.41, 5.74) is -0.0347. The summed E-state index contributed by atoms with van der Waals surface area (Å²) in [5.74, 6) is 0. The summed E-state index contributed by atoms with van der Waals surface area (Å²) in [5, 5.41) is 0. The zero-order valence-electron chi connectivity index (χ0n) is 4.51. The van der Waals surface area contributed by atoms with Gasteiger partial charge in [-0.05, 0) is 12.8 Å². The number of hydrogen-bond donors (Lipinski definition) is 0. The number of carbonyl (C=O) groups is 1. The molecule has 1 rings (SSSR count). The molecule has 0 aromatic carbocycles. The van der Waals surface area contributed by atoms with Crippen LogP contribution in [0.25, 0.3) is 0 Å². The number of amides is 1. The SMILES string of the molecule is O=CN1CCC[C@H]1Cl. The van der Waals surface area contributed by atoms with Gasteiger partial charge >= 0.3 is 0 Å². The number of halogens is 1. The van der Waals surface area contributed by atoms with Crippen molar-refractivity contribution in [2.45, 2.75) is 18.3 Å². The summed E-state index contributed by atoms with van der Waals surface area (Å²) in [4.78, 5) is 11.7. The van der Waals surface area contributed by atoms with E-state index in [-0.39, 0.29) is 5.50 Å². The molecule has 1 aliphatic rings. The Morgan fingerprint density at radius 1 is 1.75 bits per heavy atom. The van der Waals surface area contributed by atoms with Gasteiger partial charge in [-0.25, -0.2) is 0 Å². The van der Waals surface area contributed by atoms with Gasteiger partial charge in [-0.1, -0.05) is 11.6 Å². The van der Waals surface area contributed by atoms with Gasteiger partial charge in [0.05, 0.1) is 0 Å². The van der Waals surface area contributed by atoms with Crippen LogP contribution >= 0.6 is 11.6 Å². The van der Waals surface area contributed by atoms with Crippen molar-refractivity contribution in [2.75, 3.05) is 6.54 Å². The average Bonchev–Trinajstić information content (AvgIpc) is 2.14. The second kappa shape index (κ2) is 2.35. The second-order valence-electron chi connectivity index (χ2n) is 1.92. The summed E-state index contributed by atoms with van der Waals surface area (Å²) >= 11 is 5.67. The smallest absolute Gasteiger partial charge is 0.210 e. The van der Waals surface area contributed by atoms with Crippen molar-refractivity contribution in [1.82, 2.24) is 4.90 Å². The van der Waals surface area contributed by atoms with Gasteiger partial charge < -0.3 is 4.90 Å². The Hall–Kier alpha value is -0.240. The van der Waals surface area contributed by atoms with Crippen LogP contribution in [-0.2, 0) is 4.79 Å². The molecule has 3 heteroatoms. The van der Waals surface area contributed by atoms with Crippen LogP contribution in [0.1, 0.15) is 12.8 Å². The van der Waals surface area contributed by atoms with Crippen LogP contribution in [0.3, 0.4) is 0 Å². The van der Waals surface area contributed by atoms with E-state index in [0.29, 0.717) is 0 Å². The third-order valence-electron chi connectivity index (χ3n) is 1.35. The van der Waals surface area contributed by atoms with Crippen LogP contribution in [0.2, 0.25) is 0 Å². The number of likely N-dealkylation sites (tertiary alicyclic amines) is 1. The molecule has 1 aliphatic heterocycles. The standard InChI is InChI=1S/C5H8ClNO/c6-5-2-1-3-7(5)4-8/h4-5H,1-3H2/t5-/m0/s1. The Kier molecular flexibility index (Phi) is 1.73. The van der Waals surface area contributed by atoms with Gasteiger partial charge in [0, 0.05) is 6.54 Å². The molecule has 0 radical (unpaired) electrons. The van der Waals surface area contributed by atoms with Crippen molar-refractivity contribution in [2.24, 2.45) is 0 Å². The number of hydrogen-bond acceptors (Lipinski definition) is 1. The molecule has 0 aliphatic carbocycles.